The second-order valence-corrected chi connectivity index (χ2v) is 3.03. The SMILES string of the molecule is CCC(N)S(=O)(=O)[O-].[K+]. The smallest absolute Gasteiger partial charge is 0.747 e. The standard InChI is InChI=1S/C3H9NO3S.K/c1-2-3(4)8(5,6)7;/h3H,2,4H2,1H3,(H,5,6,7);/q;+1/p-1. The Bertz CT molecular complexity index is 154. The van der Waals surface area contributed by atoms with E-state index in [-0.39, 0.29) is 57.8 Å². The van der Waals surface area contributed by atoms with Crippen molar-refractivity contribution in [2.24, 2.45) is 5.73 Å². The van der Waals surface area contributed by atoms with Gasteiger partial charge in [0.25, 0.3) is 0 Å². The van der Waals surface area contributed by atoms with Crippen LogP contribution in [0.1, 0.15) is 13.3 Å². The van der Waals surface area contributed by atoms with Crippen LogP contribution in [0.25, 0.3) is 0 Å². The van der Waals surface area contributed by atoms with E-state index in [1.54, 1.807) is 6.92 Å². The second kappa shape index (κ2) is 5.20. The summed E-state index contributed by atoms with van der Waals surface area (Å²) in [5.74, 6) is 0. The van der Waals surface area contributed by atoms with Crippen molar-refractivity contribution in [1.29, 1.82) is 0 Å². The fourth-order valence-electron chi connectivity index (χ4n) is 0.204. The van der Waals surface area contributed by atoms with Crippen LogP contribution in [0.2, 0.25) is 0 Å². The van der Waals surface area contributed by atoms with Crippen molar-refractivity contribution in [1.82, 2.24) is 0 Å². The molecule has 6 heteroatoms. The van der Waals surface area contributed by atoms with Crippen molar-refractivity contribution in [3.63, 3.8) is 0 Å². The van der Waals surface area contributed by atoms with Gasteiger partial charge in [-0.2, -0.15) is 0 Å². The first-order valence-electron chi connectivity index (χ1n) is 2.18. The van der Waals surface area contributed by atoms with Crippen LogP contribution < -0.4 is 57.1 Å². The molecule has 0 rings (SSSR count). The van der Waals surface area contributed by atoms with E-state index in [1.807, 2.05) is 0 Å². The van der Waals surface area contributed by atoms with Gasteiger partial charge in [-0.25, -0.2) is 8.42 Å². The Balaban J connectivity index is 0. The van der Waals surface area contributed by atoms with Gasteiger partial charge in [-0.15, -0.1) is 0 Å². The summed E-state index contributed by atoms with van der Waals surface area (Å²) >= 11 is 0. The molecule has 0 fully saturated rings. The van der Waals surface area contributed by atoms with E-state index >= 15 is 0 Å². The molecule has 1 unspecified atom stereocenters. The summed E-state index contributed by atoms with van der Waals surface area (Å²) < 4.78 is 29.6. The van der Waals surface area contributed by atoms with E-state index in [2.05, 4.69) is 0 Å². The fourth-order valence-corrected chi connectivity index (χ4v) is 0.612. The van der Waals surface area contributed by atoms with Crippen molar-refractivity contribution in [2.75, 3.05) is 0 Å². The molecular weight excluding hydrogens is 169 g/mol. The zero-order chi connectivity index (χ0) is 6.78. The quantitative estimate of drug-likeness (QED) is 0.347. The van der Waals surface area contributed by atoms with Gasteiger partial charge in [0, 0.05) is 0 Å². The third-order valence-corrected chi connectivity index (χ3v) is 1.85. The van der Waals surface area contributed by atoms with E-state index in [0.717, 1.165) is 0 Å². The molecule has 0 bridgehead atoms. The zero-order valence-electron chi connectivity index (χ0n) is 5.49. The van der Waals surface area contributed by atoms with E-state index < -0.39 is 15.5 Å². The normalized spacial score (nSPS) is 14.1. The van der Waals surface area contributed by atoms with Crippen LogP contribution in [0.5, 0.6) is 0 Å². The Hall–Kier alpha value is 1.51. The van der Waals surface area contributed by atoms with E-state index in [1.165, 1.54) is 0 Å². The Morgan fingerprint density at radius 3 is 2.00 bits per heavy atom. The van der Waals surface area contributed by atoms with Gasteiger partial charge in [0.2, 0.25) is 0 Å². The van der Waals surface area contributed by atoms with Crippen LogP contribution >= 0.6 is 0 Å². The maximum atomic E-state index is 9.88. The maximum absolute atomic E-state index is 9.88. The predicted octanol–water partition coefficient (Wildman–Crippen LogP) is -3.77. The Morgan fingerprint density at radius 1 is 1.67 bits per heavy atom. The predicted molar refractivity (Wildman–Crippen MR) is 28.0 cm³/mol. The molecule has 0 aromatic heterocycles. The monoisotopic (exact) mass is 177 g/mol. The van der Waals surface area contributed by atoms with Crippen molar-refractivity contribution in [3.8, 4) is 0 Å². The van der Waals surface area contributed by atoms with Crippen LogP contribution in [0.3, 0.4) is 0 Å². The molecule has 0 aliphatic rings. The summed E-state index contributed by atoms with van der Waals surface area (Å²) in [5.41, 5.74) is 4.85. The minimum Gasteiger partial charge on any atom is -0.747 e. The molecule has 4 nitrogen and oxygen atoms in total. The second-order valence-electron chi connectivity index (χ2n) is 1.44. The summed E-state index contributed by atoms with van der Waals surface area (Å²) in [6.45, 7) is 1.54. The van der Waals surface area contributed by atoms with Crippen molar-refractivity contribution in [3.05, 3.63) is 0 Å². The molecule has 0 aliphatic heterocycles. The minimum absolute atomic E-state index is 0. The third-order valence-electron chi connectivity index (χ3n) is 0.773. The van der Waals surface area contributed by atoms with Gasteiger partial charge in [-0.05, 0) is 6.42 Å². The van der Waals surface area contributed by atoms with Gasteiger partial charge in [-0.3, -0.25) is 0 Å². The molecule has 0 aliphatic carbocycles. The molecule has 0 heterocycles. The fraction of sp³-hybridized carbons (Fsp3) is 1.00. The van der Waals surface area contributed by atoms with E-state index in [4.69, 9.17) is 5.73 Å². The van der Waals surface area contributed by atoms with Crippen LogP contribution in [0.4, 0.5) is 0 Å². The Kier molecular flexibility index (Phi) is 7.57. The van der Waals surface area contributed by atoms with Crippen LogP contribution in [-0.2, 0) is 10.1 Å². The number of hydrogen-bond acceptors (Lipinski definition) is 4. The molecule has 0 radical (unpaired) electrons. The van der Waals surface area contributed by atoms with Crippen molar-refractivity contribution < 1.29 is 64.4 Å². The van der Waals surface area contributed by atoms with E-state index in [0.29, 0.717) is 0 Å². The van der Waals surface area contributed by atoms with E-state index in [9.17, 15) is 13.0 Å². The molecule has 2 N–H and O–H groups in total. The van der Waals surface area contributed by atoms with Crippen LogP contribution in [0, 0.1) is 0 Å². The average Bonchev–Trinajstić information content (AvgIpc) is 1.62. The first-order chi connectivity index (χ1) is 3.48. The molecule has 0 spiro atoms. The summed E-state index contributed by atoms with van der Waals surface area (Å²) in [6, 6.07) is 0. The Morgan fingerprint density at radius 2 is 2.00 bits per heavy atom. The minimum atomic E-state index is -4.23. The average molecular weight is 177 g/mol. The molecule has 0 amide bonds. The third kappa shape index (κ3) is 5.93. The summed E-state index contributed by atoms with van der Waals surface area (Å²) in [6.07, 6.45) is 0.172. The topological polar surface area (TPSA) is 83.2 Å². The molecule has 0 aromatic carbocycles. The Labute approximate surface area is 97.4 Å². The summed E-state index contributed by atoms with van der Waals surface area (Å²) in [4.78, 5) is 0. The van der Waals surface area contributed by atoms with Gasteiger partial charge < -0.3 is 10.3 Å². The van der Waals surface area contributed by atoms with Crippen LogP contribution in [-0.4, -0.2) is 18.3 Å². The number of nitrogens with two attached hydrogens (primary N) is 1. The van der Waals surface area contributed by atoms with Gasteiger partial charge in [-0.1, -0.05) is 6.92 Å². The summed E-state index contributed by atoms with van der Waals surface area (Å²) in [7, 11) is -4.23. The molecule has 50 valence electrons. The van der Waals surface area contributed by atoms with Crippen LogP contribution in [0.15, 0.2) is 0 Å². The molecule has 0 saturated carbocycles. The zero-order valence-corrected chi connectivity index (χ0v) is 9.43. The van der Waals surface area contributed by atoms with Crippen molar-refractivity contribution >= 4 is 10.1 Å². The molecule has 9 heavy (non-hydrogen) atoms. The molecular formula is C3H8KNO3S. The van der Waals surface area contributed by atoms with Gasteiger partial charge >= 0.3 is 51.4 Å². The van der Waals surface area contributed by atoms with Gasteiger partial charge in [0.1, 0.15) is 10.1 Å². The number of hydrogen-bond donors (Lipinski definition) is 1. The van der Waals surface area contributed by atoms with Crippen molar-refractivity contribution in [2.45, 2.75) is 18.7 Å². The molecule has 0 saturated heterocycles. The largest absolute Gasteiger partial charge is 1.00 e. The maximum Gasteiger partial charge on any atom is 1.00 e. The molecule has 1 atom stereocenters. The summed E-state index contributed by atoms with van der Waals surface area (Å²) in [5, 5.41) is -1.23. The number of rotatable bonds is 2. The van der Waals surface area contributed by atoms with Gasteiger partial charge in [0.05, 0.1) is 5.37 Å². The molecule has 0 aromatic rings. The first kappa shape index (κ1) is 13.1. The van der Waals surface area contributed by atoms with Gasteiger partial charge in [0.15, 0.2) is 0 Å². The first-order valence-corrected chi connectivity index (χ1v) is 3.66.